The molecule has 3 aliphatic rings. The van der Waals surface area contributed by atoms with Gasteiger partial charge < -0.3 is 19.9 Å². The number of anilines is 2. The molecular formula is C27H33N7O3. The van der Waals surface area contributed by atoms with Gasteiger partial charge in [-0.2, -0.15) is 5.10 Å². The minimum absolute atomic E-state index is 0.234. The van der Waals surface area contributed by atoms with Gasteiger partial charge in [-0.05, 0) is 32.4 Å². The van der Waals surface area contributed by atoms with Gasteiger partial charge in [0, 0.05) is 82.7 Å². The number of benzene rings is 1. The van der Waals surface area contributed by atoms with E-state index < -0.39 is 0 Å². The second kappa shape index (κ2) is 9.33. The van der Waals surface area contributed by atoms with Crippen LogP contribution in [-0.2, 0) is 11.2 Å². The first kappa shape index (κ1) is 23.7. The third kappa shape index (κ3) is 4.73. The van der Waals surface area contributed by atoms with Gasteiger partial charge in [-0.1, -0.05) is 0 Å². The second-order valence-corrected chi connectivity index (χ2v) is 10.7. The molecule has 2 saturated heterocycles. The van der Waals surface area contributed by atoms with Crippen LogP contribution in [0.15, 0.2) is 36.8 Å². The van der Waals surface area contributed by atoms with E-state index in [0.29, 0.717) is 17.6 Å². The predicted molar refractivity (Wildman–Crippen MR) is 140 cm³/mol. The second-order valence-electron chi connectivity index (χ2n) is 10.7. The van der Waals surface area contributed by atoms with Crippen LogP contribution in [0.2, 0.25) is 0 Å². The van der Waals surface area contributed by atoms with Crippen LogP contribution in [-0.4, -0.2) is 87.6 Å². The number of rotatable bonds is 6. The van der Waals surface area contributed by atoms with Crippen molar-refractivity contribution in [2.24, 2.45) is 0 Å². The molecule has 0 spiro atoms. The third-order valence-electron chi connectivity index (χ3n) is 7.52. The van der Waals surface area contributed by atoms with Crippen LogP contribution in [0.4, 0.5) is 11.4 Å². The van der Waals surface area contributed by atoms with Crippen molar-refractivity contribution in [3.8, 4) is 5.75 Å². The zero-order chi connectivity index (χ0) is 25.6. The largest absolute Gasteiger partial charge is 0.487 e. The maximum absolute atomic E-state index is 13.3. The SMILES string of the molecule is CC1(C)Cc2cc(NC(=O)c3cnn4cccnc34)c(N3CCN(CCN4CCCC4=O)CC3)cc2O1. The molecule has 3 aliphatic heterocycles. The van der Waals surface area contributed by atoms with Crippen molar-refractivity contribution >= 4 is 28.8 Å². The topological polar surface area (TPSA) is 95.3 Å². The number of carbonyl (C=O) groups is 2. The molecule has 6 rings (SSSR count). The molecule has 2 fully saturated rings. The van der Waals surface area contributed by atoms with E-state index in [0.717, 1.165) is 81.3 Å². The molecule has 0 unspecified atom stereocenters. The van der Waals surface area contributed by atoms with Gasteiger partial charge in [0.1, 0.15) is 16.9 Å². The number of fused-ring (bicyclic) bond motifs is 2. The minimum atomic E-state index is -0.277. The van der Waals surface area contributed by atoms with Crippen LogP contribution in [0, 0.1) is 0 Å². The van der Waals surface area contributed by atoms with Gasteiger partial charge in [0.05, 0.1) is 17.6 Å². The number of aromatic nitrogens is 3. The molecular weight excluding hydrogens is 470 g/mol. The molecule has 10 nitrogen and oxygen atoms in total. The molecule has 5 heterocycles. The fraction of sp³-hybridized carbons (Fsp3) is 0.481. The standard InChI is InChI=1S/C27H33N7O3/c1-27(2)17-19-15-21(30-26(36)20-18-29-34-8-4-6-28-25(20)34)22(16-23(19)37-27)32-12-9-31(10-13-32)11-14-33-7-3-5-24(33)35/h4,6,8,15-16,18H,3,5,7,9-14,17H2,1-2H3,(H,30,36). The van der Waals surface area contributed by atoms with Crippen LogP contribution in [0.3, 0.4) is 0 Å². The van der Waals surface area contributed by atoms with Crippen molar-refractivity contribution in [1.82, 2.24) is 24.4 Å². The summed E-state index contributed by atoms with van der Waals surface area (Å²) in [6.45, 7) is 10.2. The van der Waals surface area contributed by atoms with Crippen LogP contribution in [0.25, 0.3) is 5.65 Å². The zero-order valence-corrected chi connectivity index (χ0v) is 21.4. The highest BCUT2D eigenvalue weighted by atomic mass is 16.5. The lowest BCUT2D eigenvalue weighted by Gasteiger charge is -2.37. The summed E-state index contributed by atoms with van der Waals surface area (Å²) in [5, 5.41) is 7.41. The first-order valence-corrected chi connectivity index (χ1v) is 13.1. The molecule has 0 radical (unpaired) electrons. The van der Waals surface area contributed by atoms with Crippen LogP contribution < -0.4 is 15.0 Å². The van der Waals surface area contributed by atoms with E-state index in [1.165, 1.54) is 0 Å². The first-order valence-electron chi connectivity index (χ1n) is 13.1. The van der Waals surface area contributed by atoms with Crippen molar-refractivity contribution in [3.63, 3.8) is 0 Å². The molecule has 37 heavy (non-hydrogen) atoms. The van der Waals surface area contributed by atoms with Crippen molar-refractivity contribution < 1.29 is 14.3 Å². The predicted octanol–water partition coefficient (Wildman–Crippen LogP) is 2.44. The fourth-order valence-corrected chi connectivity index (χ4v) is 5.59. The molecule has 1 aromatic carbocycles. The van der Waals surface area contributed by atoms with E-state index in [1.54, 1.807) is 29.2 Å². The average molecular weight is 504 g/mol. The highest BCUT2D eigenvalue weighted by Crippen LogP contribution is 2.42. The number of ether oxygens (including phenoxy) is 1. The summed E-state index contributed by atoms with van der Waals surface area (Å²) in [5.41, 5.74) is 3.51. The summed E-state index contributed by atoms with van der Waals surface area (Å²) in [6.07, 6.45) is 7.44. The normalized spacial score (nSPS) is 19.4. The smallest absolute Gasteiger partial charge is 0.261 e. The quantitative estimate of drug-likeness (QED) is 0.552. The van der Waals surface area contributed by atoms with E-state index in [1.807, 2.05) is 4.90 Å². The summed E-state index contributed by atoms with van der Waals surface area (Å²) in [7, 11) is 0. The molecule has 194 valence electrons. The fourth-order valence-electron chi connectivity index (χ4n) is 5.59. The lowest BCUT2D eigenvalue weighted by Crippen LogP contribution is -2.48. The summed E-state index contributed by atoms with van der Waals surface area (Å²) in [5.74, 6) is 0.925. The van der Waals surface area contributed by atoms with E-state index in [2.05, 4.69) is 51.2 Å². The number of piperazine rings is 1. The third-order valence-corrected chi connectivity index (χ3v) is 7.52. The minimum Gasteiger partial charge on any atom is -0.487 e. The van der Waals surface area contributed by atoms with Crippen molar-refractivity contribution in [3.05, 3.63) is 47.9 Å². The molecule has 0 atom stereocenters. The van der Waals surface area contributed by atoms with Crippen molar-refractivity contribution in [2.75, 3.05) is 56.0 Å². The summed E-state index contributed by atoms with van der Waals surface area (Å²) >= 11 is 0. The maximum atomic E-state index is 13.3. The number of nitrogens with zero attached hydrogens (tertiary/aromatic N) is 6. The van der Waals surface area contributed by atoms with Gasteiger partial charge in [-0.25, -0.2) is 9.50 Å². The van der Waals surface area contributed by atoms with Crippen molar-refractivity contribution in [2.45, 2.75) is 38.7 Å². The molecule has 3 aromatic rings. The Labute approximate surface area is 216 Å². The van der Waals surface area contributed by atoms with E-state index in [-0.39, 0.29) is 17.4 Å². The lowest BCUT2D eigenvalue weighted by atomic mass is 10.0. The molecule has 0 aliphatic carbocycles. The van der Waals surface area contributed by atoms with Gasteiger partial charge >= 0.3 is 0 Å². The van der Waals surface area contributed by atoms with Crippen LogP contribution in [0.1, 0.15) is 42.6 Å². The first-order chi connectivity index (χ1) is 17.9. The number of nitrogens with one attached hydrogen (secondary N) is 1. The van der Waals surface area contributed by atoms with Gasteiger partial charge in [0.25, 0.3) is 5.91 Å². The Morgan fingerprint density at radius 3 is 2.76 bits per heavy atom. The molecule has 0 bridgehead atoms. The Kier molecular flexibility index (Phi) is 5.98. The van der Waals surface area contributed by atoms with E-state index in [4.69, 9.17) is 4.74 Å². The van der Waals surface area contributed by atoms with Crippen LogP contribution in [0.5, 0.6) is 5.75 Å². The monoisotopic (exact) mass is 503 g/mol. The van der Waals surface area contributed by atoms with Crippen molar-refractivity contribution in [1.29, 1.82) is 0 Å². The molecule has 0 saturated carbocycles. The number of hydrogen-bond donors (Lipinski definition) is 1. The van der Waals surface area contributed by atoms with Crippen LogP contribution >= 0.6 is 0 Å². The van der Waals surface area contributed by atoms with Gasteiger partial charge in [-0.3, -0.25) is 14.5 Å². The average Bonchev–Trinajstić information content (AvgIpc) is 3.57. The highest BCUT2D eigenvalue weighted by Gasteiger charge is 2.33. The Bertz CT molecular complexity index is 1340. The number of likely N-dealkylation sites (tertiary alicyclic amines) is 1. The molecule has 2 amide bonds. The molecule has 2 aromatic heterocycles. The van der Waals surface area contributed by atoms with E-state index >= 15 is 0 Å². The Balaban J connectivity index is 1.20. The highest BCUT2D eigenvalue weighted by molar-refractivity contribution is 6.09. The maximum Gasteiger partial charge on any atom is 0.261 e. The molecule has 1 N–H and O–H groups in total. The van der Waals surface area contributed by atoms with E-state index in [9.17, 15) is 9.59 Å². The number of amides is 2. The molecule has 10 heteroatoms. The van der Waals surface area contributed by atoms with Gasteiger partial charge in [-0.15, -0.1) is 0 Å². The number of hydrogen-bond acceptors (Lipinski definition) is 7. The van der Waals surface area contributed by atoms with Gasteiger partial charge in [0.15, 0.2) is 5.65 Å². The number of carbonyl (C=O) groups excluding carboxylic acids is 2. The Hall–Kier alpha value is -3.66. The summed E-state index contributed by atoms with van der Waals surface area (Å²) in [4.78, 5) is 36.3. The Morgan fingerprint density at radius 1 is 1.14 bits per heavy atom. The lowest BCUT2D eigenvalue weighted by molar-refractivity contribution is -0.127. The zero-order valence-electron chi connectivity index (χ0n) is 21.4. The summed E-state index contributed by atoms with van der Waals surface area (Å²) < 4.78 is 7.83. The summed E-state index contributed by atoms with van der Waals surface area (Å²) in [6, 6.07) is 5.92. The Morgan fingerprint density at radius 2 is 1.97 bits per heavy atom. The van der Waals surface area contributed by atoms with Gasteiger partial charge in [0.2, 0.25) is 5.91 Å².